The number of esters is 1. The molecule has 0 atom stereocenters. The van der Waals surface area contributed by atoms with Crippen LogP contribution in [0.5, 0.6) is 5.75 Å². The fourth-order valence-electron chi connectivity index (χ4n) is 5.21. The van der Waals surface area contributed by atoms with Crippen molar-refractivity contribution in [2.45, 2.75) is 77.0 Å². The van der Waals surface area contributed by atoms with Gasteiger partial charge in [0.1, 0.15) is 5.82 Å². The zero-order valence-electron chi connectivity index (χ0n) is 18.8. The second-order valence-corrected chi connectivity index (χ2v) is 9.82. The summed E-state index contributed by atoms with van der Waals surface area (Å²) in [5.74, 6) is -2.85. The van der Waals surface area contributed by atoms with E-state index in [0.29, 0.717) is 17.4 Å². The van der Waals surface area contributed by atoms with Gasteiger partial charge in [-0.15, -0.1) is 0 Å². The molecule has 0 heterocycles. The molecule has 2 aromatic rings. The summed E-state index contributed by atoms with van der Waals surface area (Å²) >= 11 is 0. The highest BCUT2D eigenvalue weighted by molar-refractivity contribution is 5.91. The fraction of sp³-hybridized carbons (Fsp3) is 0.519. The van der Waals surface area contributed by atoms with E-state index < -0.39 is 29.2 Å². The molecule has 0 aromatic heterocycles. The molecule has 32 heavy (non-hydrogen) atoms. The van der Waals surface area contributed by atoms with E-state index >= 15 is 0 Å². The summed E-state index contributed by atoms with van der Waals surface area (Å²) in [4.78, 5) is 12.5. The van der Waals surface area contributed by atoms with Crippen LogP contribution < -0.4 is 4.74 Å². The number of carbonyl (C=O) groups excluding carboxylic acids is 1. The van der Waals surface area contributed by atoms with Crippen LogP contribution in [0.15, 0.2) is 30.3 Å². The quantitative estimate of drug-likeness (QED) is 0.354. The van der Waals surface area contributed by atoms with Crippen LogP contribution in [-0.4, -0.2) is 5.97 Å². The zero-order valence-corrected chi connectivity index (χ0v) is 18.8. The lowest BCUT2D eigenvalue weighted by atomic mass is 9.79. The molecule has 0 radical (unpaired) electrons. The molecule has 2 saturated carbocycles. The van der Waals surface area contributed by atoms with Crippen LogP contribution >= 0.6 is 0 Å². The van der Waals surface area contributed by atoms with Crippen molar-refractivity contribution in [2.24, 2.45) is 11.8 Å². The third-order valence-electron chi connectivity index (χ3n) is 7.44. The molecule has 0 amide bonds. The highest BCUT2D eigenvalue weighted by atomic mass is 19.2. The van der Waals surface area contributed by atoms with Crippen LogP contribution in [0.3, 0.4) is 0 Å². The Morgan fingerprint density at radius 2 is 1.38 bits per heavy atom. The predicted molar refractivity (Wildman–Crippen MR) is 118 cm³/mol. The molecule has 0 N–H and O–H groups in total. The first kappa shape index (κ1) is 22.9. The molecule has 5 heteroatoms. The largest absolute Gasteiger partial charge is 0.420 e. The molecule has 2 aliphatic rings. The van der Waals surface area contributed by atoms with Gasteiger partial charge in [-0.2, -0.15) is 4.39 Å². The minimum Gasteiger partial charge on any atom is -0.420 e. The predicted octanol–water partition coefficient (Wildman–Crippen LogP) is 7.91. The molecule has 0 spiro atoms. The highest BCUT2D eigenvalue weighted by Crippen LogP contribution is 2.39. The lowest BCUT2D eigenvalue weighted by Gasteiger charge is -2.27. The zero-order chi connectivity index (χ0) is 22.8. The molecule has 0 saturated heterocycles. The number of halogens is 3. The Balaban J connectivity index is 1.47. The molecule has 2 fully saturated rings. The summed E-state index contributed by atoms with van der Waals surface area (Å²) in [6.07, 6.45) is 7.81. The van der Waals surface area contributed by atoms with E-state index in [4.69, 9.17) is 4.74 Å². The second-order valence-electron chi connectivity index (χ2n) is 9.82. The van der Waals surface area contributed by atoms with Crippen LogP contribution in [0.4, 0.5) is 13.2 Å². The Morgan fingerprint density at radius 3 is 1.97 bits per heavy atom. The van der Waals surface area contributed by atoms with E-state index in [1.807, 2.05) is 0 Å². The van der Waals surface area contributed by atoms with Gasteiger partial charge < -0.3 is 4.74 Å². The van der Waals surface area contributed by atoms with Gasteiger partial charge in [-0.25, -0.2) is 13.6 Å². The number of ether oxygens (including phenoxy) is 1. The highest BCUT2D eigenvalue weighted by Gasteiger charge is 2.27. The van der Waals surface area contributed by atoms with Crippen LogP contribution in [0.25, 0.3) is 0 Å². The molecule has 0 bridgehead atoms. The van der Waals surface area contributed by atoms with E-state index in [2.05, 4.69) is 13.8 Å². The van der Waals surface area contributed by atoms with Gasteiger partial charge in [0.2, 0.25) is 5.82 Å². The summed E-state index contributed by atoms with van der Waals surface area (Å²) in [5, 5.41) is 0. The normalized spacial score (nSPS) is 26.0. The van der Waals surface area contributed by atoms with Crippen molar-refractivity contribution in [1.29, 1.82) is 0 Å². The van der Waals surface area contributed by atoms with Crippen molar-refractivity contribution in [1.82, 2.24) is 0 Å². The summed E-state index contributed by atoms with van der Waals surface area (Å²) in [6.45, 7) is 4.39. The molecule has 172 valence electrons. The molecule has 4 rings (SSSR count). The van der Waals surface area contributed by atoms with Crippen LogP contribution in [0.1, 0.15) is 98.5 Å². The molecule has 2 nitrogen and oxygen atoms in total. The Bertz CT molecular complexity index is 971. The van der Waals surface area contributed by atoms with E-state index in [9.17, 15) is 18.0 Å². The van der Waals surface area contributed by atoms with E-state index in [1.54, 1.807) is 6.07 Å². The van der Waals surface area contributed by atoms with Crippen LogP contribution in [-0.2, 0) is 0 Å². The van der Waals surface area contributed by atoms with Crippen molar-refractivity contribution >= 4 is 5.97 Å². The SMILES string of the molecule is CC1CCC(c2ccc(C(=O)Oc3ccc(C4CCC(C)CC4)c(F)c3F)c(F)c2)CC1. The number of benzene rings is 2. The van der Waals surface area contributed by atoms with Gasteiger partial charge in [0.05, 0.1) is 5.56 Å². The first-order chi connectivity index (χ1) is 15.3. The Kier molecular flexibility index (Phi) is 6.92. The second kappa shape index (κ2) is 9.68. The Hall–Kier alpha value is -2.30. The monoisotopic (exact) mass is 444 g/mol. The summed E-state index contributed by atoms with van der Waals surface area (Å²) in [7, 11) is 0. The van der Waals surface area contributed by atoms with Gasteiger partial charge in [0.15, 0.2) is 11.6 Å². The van der Waals surface area contributed by atoms with Crippen molar-refractivity contribution in [3.8, 4) is 5.75 Å². The van der Waals surface area contributed by atoms with Gasteiger partial charge in [-0.05, 0) is 78.7 Å². The molecular formula is C27H31F3O2. The number of hydrogen-bond donors (Lipinski definition) is 0. The topological polar surface area (TPSA) is 26.3 Å². The first-order valence-electron chi connectivity index (χ1n) is 11.8. The maximum absolute atomic E-state index is 14.7. The van der Waals surface area contributed by atoms with Gasteiger partial charge in [0, 0.05) is 0 Å². The lowest BCUT2D eigenvalue weighted by Crippen LogP contribution is -2.15. The number of carbonyl (C=O) groups is 1. The van der Waals surface area contributed by atoms with Crippen LogP contribution in [0.2, 0.25) is 0 Å². The van der Waals surface area contributed by atoms with Crippen molar-refractivity contribution in [3.05, 3.63) is 64.5 Å². The molecule has 2 aliphatic carbocycles. The molecule has 0 unspecified atom stereocenters. The smallest absolute Gasteiger partial charge is 0.346 e. The summed E-state index contributed by atoms with van der Waals surface area (Å²) < 4.78 is 49.1. The van der Waals surface area contributed by atoms with E-state index in [0.717, 1.165) is 56.9 Å². The third-order valence-corrected chi connectivity index (χ3v) is 7.44. The maximum atomic E-state index is 14.7. The van der Waals surface area contributed by atoms with Gasteiger partial charge in [-0.3, -0.25) is 0 Å². The van der Waals surface area contributed by atoms with Gasteiger partial charge >= 0.3 is 5.97 Å². The Morgan fingerprint density at radius 1 is 0.781 bits per heavy atom. The van der Waals surface area contributed by atoms with E-state index in [1.165, 1.54) is 24.3 Å². The minimum atomic E-state index is -1.19. The minimum absolute atomic E-state index is 0.0294. The number of hydrogen-bond acceptors (Lipinski definition) is 2. The Labute approximate surface area is 188 Å². The van der Waals surface area contributed by atoms with Gasteiger partial charge in [-0.1, -0.05) is 51.7 Å². The van der Waals surface area contributed by atoms with Crippen molar-refractivity contribution < 1.29 is 22.7 Å². The average molecular weight is 445 g/mol. The van der Waals surface area contributed by atoms with Crippen molar-refractivity contribution in [2.75, 3.05) is 0 Å². The fourth-order valence-corrected chi connectivity index (χ4v) is 5.21. The maximum Gasteiger partial charge on any atom is 0.346 e. The van der Waals surface area contributed by atoms with Gasteiger partial charge in [0.25, 0.3) is 0 Å². The van der Waals surface area contributed by atoms with Crippen LogP contribution in [0, 0.1) is 29.3 Å². The molecule has 2 aromatic carbocycles. The third kappa shape index (κ3) is 4.87. The average Bonchev–Trinajstić information content (AvgIpc) is 2.78. The molecular weight excluding hydrogens is 413 g/mol. The van der Waals surface area contributed by atoms with Crippen molar-refractivity contribution in [3.63, 3.8) is 0 Å². The number of rotatable bonds is 4. The first-order valence-corrected chi connectivity index (χ1v) is 11.8. The lowest BCUT2D eigenvalue weighted by molar-refractivity contribution is 0.0721. The summed E-state index contributed by atoms with van der Waals surface area (Å²) in [5.41, 5.74) is 0.920. The van der Waals surface area contributed by atoms with E-state index in [-0.39, 0.29) is 17.4 Å². The standard InChI is InChI=1S/C27H31F3O2/c1-16-3-7-18(8-4-16)20-11-12-22(23(28)15-20)27(31)32-24-14-13-21(25(29)26(24)30)19-9-5-17(2)6-10-19/h11-19H,3-10H2,1-2H3. The summed E-state index contributed by atoms with van der Waals surface area (Å²) in [6, 6.07) is 7.27. The molecule has 0 aliphatic heterocycles.